The van der Waals surface area contributed by atoms with E-state index in [4.69, 9.17) is 4.74 Å². The van der Waals surface area contributed by atoms with Crippen LogP contribution in [0.5, 0.6) is 5.75 Å². The number of anilines is 2. The van der Waals surface area contributed by atoms with E-state index < -0.39 is 6.10 Å². The van der Waals surface area contributed by atoms with Gasteiger partial charge in [-0.1, -0.05) is 29.8 Å². The fourth-order valence-electron chi connectivity index (χ4n) is 2.38. The van der Waals surface area contributed by atoms with Crippen molar-refractivity contribution in [3.8, 4) is 5.75 Å². The second-order valence-electron chi connectivity index (χ2n) is 5.67. The minimum absolute atomic E-state index is 0.106. The molecule has 118 valence electrons. The topological polar surface area (TPSA) is 67.4 Å². The lowest BCUT2D eigenvalue weighted by atomic mass is 10.1. The molecule has 23 heavy (non-hydrogen) atoms. The van der Waals surface area contributed by atoms with Crippen molar-refractivity contribution in [3.63, 3.8) is 0 Å². The number of rotatable bonds is 3. The molecule has 2 aromatic carbocycles. The highest BCUT2D eigenvalue weighted by Crippen LogP contribution is 2.32. The van der Waals surface area contributed by atoms with Crippen molar-refractivity contribution in [1.82, 2.24) is 0 Å². The largest absolute Gasteiger partial charge is 0.479 e. The van der Waals surface area contributed by atoms with Crippen LogP contribution in [0.2, 0.25) is 0 Å². The van der Waals surface area contributed by atoms with Gasteiger partial charge in [0.2, 0.25) is 5.91 Å². The van der Waals surface area contributed by atoms with Crippen LogP contribution in [0.25, 0.3) is 0 Å². The highest BCUT2D eigenvalue weighted by Gasteiger charge is 2.23. The first-order valence-corrected chi connectivity index (χ1v) is 7.48. The van der Waals surface area contributed by atoms with E-state index in [0.717, 1.165) is 11.1 Å². The van der Waals surface area contributed by atoms with Gasteiger partial charge in [0, 0.05) is 5.69 Å². The summed E-state index contributed by atoms with van der Waals surface area (Å²) in [5, 5.41) is 5.60. The van der Waals surface area contributed by atoms with Gasteiger partial charge >= 0.3 is 0 Å². The number of ether oxygens (including phenoxy) is 1. The molecule has 0 radical (unpaired) electrons. The van der Waals surface area contributed by atoms with Crippen LogP contribution in [0.1, 0.15) is 18.1 Å². The molecule has 0 bridgehead atoms. The Morgan fingerprint density at radius 3 is 2.70 bits per heavy atom. The number of benzene rings is 2. The quantitative estimate of drug-likeness (QED) is 0.916. The molecule has 1 aliphatic heterocycles. The molecule has 3 rings (SSSR count). The summed E-state index contributed by atoms with van der Waals surface area (Å²) in [6.07, 6.45) is -0.207. The van der Waals surface area contributed by atoms with Crippen LogP contribution in [0, 0.1) is 6.92 Å². The first-order chi connectivity index (χ1) is 11.0. The van der Waals surface area contributed by atoms with E-state index in [-0.39, 0.29) is 11.8 Å². The summed E-state index contributed by atoms with van der Waals surface area (Å²) in [7, 11) is 0. The fourth-order valence-corrected chi connectivity index (χ4v) is 2.38. The van der Waals surface area contributed by atoms with Crippen LogP contribution in [-0.2, 0) is 16.0 Å². The molecule has 2 N–H and O–H groups in total. The molecule has 1 aliphatic rings. The van der Waals surface area contributed by atoms with Gasteiger partial charge in [-0.2, -0.15) is 0 Å². The van der Waals surface area contributed by atoms with Crippen molar-refractivity contribution >= 4 is 23.2 Å². The Hall–Kier alpha value is -2.82. The van der Waals surface area contributed by atoms with Crippen LogP contribution in [0.4, 0.5) is 11.4 Å². The molecular formula is C18H18N2O3. The van der Waals surface area contributed by atoms with E-state index in [1.54, 1.807) is 25.1 Å². The SMILES string of the molecule is Cc1ccc(CC(=O)Nc2ccc3c(c2)NC(=O)[C@H](C)O3)cc1. The lowest BCUT2D eigenvalue weighted by Crippen LogP contribution is -2.34. The lowest BCUT2D eigenvalue weighted by Gasteiger charge is -2.23. The molecule has 5 heteroatoms. The third-order valence-electron chi connectivity index (χ3n) is 3.68. The first kappa shape index (κ1) is 15.1. The standard InChI is InChI=1S/C18H18N2O3/c1-11-3-5-13(6-4-11)9-17(21)19-14-7-8-16-15(10-14)20-18(22)12(2)23-16/h3-8,10,12H,9H2,1-2H3,(H,19,21)(H,20,22)/t12-/m0/s1. The molecule has 0 saturated carbocycles. The Morgan fingerprint density at radius 2 is 1.96 bits per heavy atom. The average Bonchev–Trinajstić information content (AvgIpc) is 2.51. The van der Waals surface area contributed by atoms with Gasteiger partial charge in [0.1, 0.15) is 5.75 Å². The number of nitrogens with one attached hydrogen (secondary N) is 2. The Kier molecular flexibility index (Phi) is 4.02. The normalized spacial score (nSPS) is 16.1. The summed E-state index contributed by atoms with van der Waals surface area (Å²) in [6.45, 7) is 3.70. The van der Waals surface area contributed by atoms with Gasteiger partial charge in [0.05, 0.1) is 12.1 Å². The maximum Gasteiger partial charge on any atom is 0.265 e. The van der Waals surface area contributed by atoms with Crippen LogP contribution in [-0.4, -0.2) is 17.9 Å². The molecule has 0 aromatic heterocycles. The predicted molar refractivity (Wildman–Crippen MR) is 88.7 cm³/mol. The Bertz CT molecular complexity index is 753. The van der Waals surface area contributed by atoms with E-state index in [0.29, 0.717) is 23.5 Å². The number of aryl methyl sites for hydroxylation is 1. The maximum atomic E-state index is 12.1. The zero-order chi connectivity index (χ0) is 16.4. The second-order valence-corrected chi connectivity index (χ2v) is 5.67. The average molecular weight is 310 g/mol. The minimum Gasteiger partial charge on any atom is -0.479 e. The number of hydrogen-bond donors (Lipinski definition) is 2. The van der Waals surface area contributed by atoms with Gasteiger partial charge in [-0.15, -0.1) is 0 Å². The number of carbonyl (C=O) groups is 2. The van der Waals surface area contributed by atoms with Crippen molar-refractivity contribution in [3.05, 3.63) is 53.6 Å². The number of amides is 2. The molecule has 1 heterocycles. The molecule has 1 atom stereocenters. The molecule has 2 aromatic rings. The number of hydrogen-bond acceptors (Lipinski definition) is 3. The Labute approximate surface area is 134 Å². The van der Waals surface area contributed by atoms with E-state index in [1.165, 1.54) is 0 Å². The Balaban J connectivity index is 1.68. The predicted octanol–water partition coefficient (Wildman–Crippen LogP) is 2.90. The van der Waals surface area contributed by atoms with E-state index in [2.05, 4.69) is 10.6 Å². The fraction of sp³-hybridized carbons (Fsp3) is 0.222. The molecule has 5 nitrogen and oxygen atoms in total. The van der Waals surface area contributed by atoms with Crippen LogP contribution >= 0.6 is 0 Å². The van der Waals surface area contributed by atoms with Gasteiger partial charge in [0.15, 0.2) is 6.10 Å². The zero-order valence-electron chi connectivity index (χ0n) is 13.1. The van der Waals surface area contributed by atoms with Crippen molar-refractivity contribution in [1.29, 1.82) is 0 Å². The Morgan fingerprint density at radius 1 is 1.22 bits per heavy atom. The number of fused-ring (bicyclic) bond motifs is 1. The summed E-state index contributed by atoms with van der Waals surface area (Å²) < 4.78 is 5.49. The summed E-state index contributed by atoms with van der Waals surface area (Å²) in [5.74, 6) is 0.305. The van der Waals surface area contributed by atoms with E-state index in [9.17, 15) is 9.59 Å². The molecular weight excluding hydrogens is 292 g/mol. The minimum atomic E-state index is -0.510. The lowest BCUT2D eigenvalue weighted by molar-refractivity contribution is -0.122. The molecule has 2 amide bonds. The van der Waals surface area contributed by atoms with Crippen molar-refractivity contribution in [2.75, 3.05) is 10.6 Å². The van der Waals surface area contributed by atoms with Gasteiger partial charge in [-0.3, -0.25) is 9.59 Å². The van der Waals surface area contributed by atoms with Crippen molar-refractivity contribution < 1.29 is 14.3 Å². The molecule has 0 aliphatic carbocycles. The van der Waals surface area contributed by atoms with Crippen molar-refractivity contribution in [2.45, 2.75) is 26.4 Å². The van der Waals surface area contributed by atoms with Crippen LogP contribution < -0.4 is 15.4 Å². The zero-order valence-corrected chi connectivity index (χ0v) is 13.1. The van der Waals surface area contributed by atoms with Crippen LogP contribution in [0.3, 0.4) is 0 Å². The summed E-state index contributed by atoms with van der Waals surface area (Å²) >= 11 is 0. The van der Waals surface area contributed by atoms with Crippen molar-refractivity contribution in [2.24, 2.45) is 0 Å². The molecule has 0 unspecified atom stereocenters. The summed E-state index contributed by atoms with van der Waals surface area (Å²) in [6, 6.07) is 13.1. The van der Waals surface area contributed by atoms with Gasteiger partial charge < -0.3 is 15.4 Å². The highest BCUT2D eigenvalue weighted by atomic mass is 16.5. The van der Waals surface area contributed by atoms with E-state index >= 15 is 0 Å². The van der Waals surface area contributed by atoms with Gasteiger partial charge in [-0.25, -0.2) is 0 Å². The molecule has 0 fully saturated rings. The summed E-state index contributed by atoms with van der Waals surface area (Å²) in [4.78, 5) is 23.8. The van der Waals surface area contributed by atoms with Crippen LogP contribution in [0.15, 0.2) is 42.5 Å². The summed E-state index contributed by atoms with van der Waals surface area (Å²) in [5.41, 5.74) is 3.31. The smallest absolute Gasteiger partial charge is 0.265 e. The third kappa shape index (κ3) is 3.51. The maximum absolute atomic E-state index is 12.1. The van der Waals surface area contributed by atoms with Gasteiger partial charge in [0.25, 0.3) is 5.91 Å². The monoisotopic (exact) mass is 310 g/mol. The highest BCUT2D eigenvalue weighted by molar-refractivity contribution is 5.99. The third-order valence-corrected chi connectivity index (χ3v) is 3.68. The first-order valence-electron chi connectivity index (χ1n) is 7.48. The van der Waals surface area contributed by atoms with E-state index in [1.807, 2.05) is 31.2 Å². The second kappa shape index (κ2) is 6.12. The number of carbonyl (C=O) groups excluding carboxylic acids is 2. The molecule has 0 saturated heterocycles. The molecule has 0 spiro atoms. The van der Waals surface area contributed by atoms with Gasteiger partial charge in [-0.05, 0) is 37.6 Å².